The highest BCUT2D eigenvalue weighted by Crippen LogP contribution is 2.32. The molecule has 1 aromatic rings. The summed E-state index contributed by atoms with van der Waals surface area (Å²) in [6.45, 7) is -0.429. The molecule has 8 nitrogen and oxygen atoms in total. The first-order valence-corrected chi connectivity index (χ1v) is 10.8. The van der Waals surface area contributed by atoms with Crippen LogP contribution in [0.25, 0.3) is 6.08 Å². The predicted octanol–water partition coefficient (Wildman–Crippen LogP) is 1.03. The van der Waals surface area contributed by atoms with Crippen LogP contribution in [-0.4, -0.2) is 61.6 Å². The van der Waals surface area contributed by atoms with E-state index in [9.17, 15) is 22.8 Å². The van der Waals surface area contributed by atoms with Crippen LogP contribution in [0.2, 0.25) is 0 Å². The minimum atomic E-state index is -3.12. The molecule has 0 unspecified atom stereocenters. The molecule has 2 aliphatic heterocycles. The van der Waals surface area contributed by atoms with E-state index in [0.29, 0.717) is 12.2 Å². The Morgan fingerprint density at radius 3 is 2.63 bits per heavy atom. The third-order valence-electron chi connectivity index (χ3n) is 4.19. The van der Waals surface area contributed by atoms with E-state index in [4.69, 9.17) is 4.74 Å². The van der Waals surface area contributed by atoms with Crippen LogP contribution in [0.15, 0.2) is 29.2 Å². The van der Waals surface area contributed by atoms with Crippen molar-refractivity contribution in [2.24, 2.45) is 0 Å². The van der Waals surface area contributed by atoms with Crippen molar-refractivity contribution in [2.75, 3.05) is 25.2 Å². The van der Waals surface area contributed by atoms with Gasteiger partial charge in [-0.15, -0.1) is 0 Å². The average Bonchev–Trinajstić information content (AvgIpc) is 3.09. The zero-order chi connectivity index (χ0) is 19.6. The van der Waals surface area contributed by atoms with E-state index < -0.39 is 39.5 Å². The summed E-state index contributed by atoms with van der Waals surface area (Å²) in [5.74, 6) is -0.506. The van der Waals surface area contributed by atoms with E-state index in [2.05, 4.69) is 5.32 Å². The minimum absolute atomic E-state index is 0.0319. The Labute approximate surface area is 160 Å². The second-order valence-corrected chi connectivity index (χ2v) is 9.43. The van der Waals surface area contributed by atoms with Gasteiger partial charge in [0.1, 0.15) is 12.3 Å². The summed E-state index contributed by atoms with van der Waals surface area (Å²) in [6.07, 6.45) is 1.92. The van der Waals surface area contributed by atoms with Gasteiger partial charge in [0.2, 0.25) is 5.91 Å². The normalized spacial score (nSPS) is 23.1. The van der Waals surface area contributed by atoms with Gasteiger partial charge in [0, 0.05) is 6.04 Å². The highest BCUT2D eigenvalue weighted by Gasteiger charge is 2.37. The van der Waals surface area contributed by atoms with Crippen LogP contribution in [0.3, 0.4) is 0 Å². The third-order valence-corrected chi connectivity index (χ3v) is 6.86. The summed E-state index contributed by atoms with van der Waals surface area (Å²) >= 11 is 0.762. The molecule has 2 fully saturated rings. The van der Waals surface area contributed by atoms with Crippen LogP contribution in [-0.2, 0) is 19.4 Å². The van der Waals surface area contributed by atoms with E-state index in [1.54, 1.807) is 37.5 Å². The molecular formula is C17H18N2O6S2. The molecule has 1 aromatic carbocycles. The molecule has 0 bridgehead atoms. The van der Waals surface area contributed by atoms with Gasteiger partial charge in [0.15, 0.2) is 9.84 Å². The predicted molar refractivity (Wildman–Crippen MR) is 101 cm³/mol. The van der Waals surface area contributed by atoms with Crippen molar-refractivity contribution in [1.29, 1.82) is 0 Å². The number of nitrogens with zero attached hydrogens (tertiary/aromatic N) is 1. The topological polar surface area (TPSA) is 110 Å². The lowest BCUT2D eigenvalue weighted by atomic mass is 10.2. The number of thioether (sulfide) groups is 1. The lowest BCUT2D eigenvalue weighted by molar-refractivity contribution is -0.129. The van der Waals surface area contributed by atoms with Gasteiger partial charge in [-0.05, 0) is 42.0 Å². The Morgan fingerprint density at radius 2 is 2.04 bits per heavy atom. The molecule has 2 aliphatic rings. The highest BCUT2D eigenvalue weighted by atomic mass is 32.2. The standard InChI is InChI=1S/C17H18N2O6S2/c1-25-13-4-2-11(3-5-13)8-14-16(21)19(17(22)26-14)9-15(20)18-12-6-7-27(23,24)10-12/h2-5,8,12H,6-7,9-10H2,1H3,(H,18,20)/b14-8+/t12-/m1/s1. The molecule has 2 heterocycles. The number of nitrogens with one attached hydrogen (secondary N) is 1. The quantitative estimate of drug-likeness (QED) is 0.722. The number of imide groups is 1. The van der Waals surface area contributed by atoms with Crippen LogP contribution in [0.4, 0.5) is 4.79 Å². The van der Waals surface area contributed by atoms with Crippen molar-refractivity contribution in [3.63, 3.8) is 0 Å². The average molecular weight is 410 g/mol. The van der Waals surface area contributed by atoms with Crippen LogP contribution in [0.1, 0.15) is 12.0 Å². The zero-order valence-electron chi connectivity index (χ0n) is 14.5. The number of hydrogen-bond acceptors (Lipinski definition) is 7. The second-order valence-electron chi connectivity index (χ2n) is 6.21. The van der Waals surface area contributed by atoms with Gasteiger partial charge in [-0.25, -0.2) is 8.42 Å². The molecule has 0 radical (unpaired) electrons. The van der Waals surface area contributed by atoms with Crippen molar-refractivity contribution in [2.45, 2.75) is 12.5 Å². The van der Waals surface area contributed by atoms with E-state index >= 15 is 0 Å². The van der Waals surface area contributed by atoms with Gasteiger partial charge in [0.25, 0.3) is 11.1 Å². The molecule has 0 saturated carbocycles. The monoisotopic (exact) mass is 410 g/mol. The molecule has 10 heteroatoms. The molecular weight excluding hydrogens is 392 g/mol. The van der Waals surface area contributed by atoms with E-state index in [1.807, 2.05) is 0 Å². The number of ether oxygens (including phenoxy) is 1. The maximum absolute atomic E-state index is 12.4. The first kappa shape index (κ1) is 19.4. The Balaban J connectivity index is 1.63. The van der Waals surface area contributed by atoms with Crippen LogP contribution in [0, 0.1) is 0 Å². The molecule has 144 valence electrons. The molecule has 0 spiro atoms. The number of amides is 3. The van der Waals surface area contributed by atoms with Gasteiger partial charge < -0.3 is 10.1 Å². The molecule has 3 amide bonds. The second kappa shape index (κ2) is 7.73. The Morgan fingerprint density at radius 1 is 1.33 bits per heavy atom. The summed E-state index contributed by atoms with van der Waals surface area (Å²) in [6, 6.07) is 6.50. The zero-order valence-corrected chi connectivity index (χ0v) is 16.1. The summed E-state index contributed by atoms with van der Waals surface area (Å²) < 4.78 is 27.9. The largest absolute Gasteiger partial charge is 0.497 e. The van der Waals surface area contributed by atoms with E-state index in [0.717, 1.165) is 22.2 Å². The molecule has 27 heavy (non-hydrogen) atoms. The van der Waals surface area contributed by atoms with Gasteiger partial charge >= 0.3 is 0 Å². The molecule has 1 atom stereocenters. The van der Waals surface area contributed by atoms with Gasteiger partial charge in [-0.3, -0.25) is 19.3 Å². The number of carbonyl (C=O) groups excluding carboxylic acids is 3. The van der Waals surface area contributed by atoms with Gasteiger partial charge in [-0.1, -0.05) is 12.1 Å². The lowest BCUT2D eigenvalue weighted by Crippen LogP contribution is -2.43. The molecule has 3 rings (SSSR count). The number of rotatable bonds is 5. The van der Waals surface area contributed by atoms with Crippen molar-refractivity contribution in [3.05, 3.63) is 34.7 Å². The van der Waals surface area contributed by atoms with E-state index in [-0.39, 0.29) is 16.4 Å². The number of methoxy groups -OCH3 is 1. The van der Waals surface area contributed by atoms with Crippen LogP contribution in [0.5, 0.6) is 5.75 Å². The number of benzene rings is 1. The fourth-order valence-corrected chi connectivity index (χ4v) is 5.33. The summed E-state index contributed by atoms with van der Waals surface area (Å²) in [5, 5.41) is 2.04. The summed E-state index contributed by atoms with van der Waals surface area (Å²) in [5.41, 5.74) is 0.724. The van der Waals surface area contributed by atoms with Crippen LogP contribution < -0.4 is 10.1 Å². The van der Waals surface area contributed by atoms with Crippen molar-refractivity contribution in [3.8, 4) is 5.75 Å². The highest BCUT2D eigenvalue weighted by molar-refractivity contribution is 8.18. The van der Waals surface area contributed by atoms with Gasteiger partial charge in [-0.2, -0.15) is 0 Å². The molecule has 2 saturated heterocycles. The fraction of sp³-hybridized carbons (Fsp3) is 0.353. The third kappa shape index (κ3) is 4.69. The number of sulfone groups is 1. The molecule has 0 aliphatic carbocycles. The Kier molecular flexibility index (Phi) is 5.56. The van der Waals surface area contributed by atoms with Crippen molar-refractivity contribution >= 4 is 44.7 Å². The van der Waals surface area contributed by atoms with Crippen molar-refractivity contribution < 1.29 is 27.5 Å². The maximum Gasteiger partial charge on any atom is 0.294 e. The molecule has 1 N–H and O–H groups in total. The number of hydrogen-bond donors (Lipinski definition) is 1. The maximum atomic E-state index is 12.4. The smallest absolute Gasteiger partial charge is 0.294 e. The first-order chi connectivity index (χ1) is 12.8. The first-order valence-electron chi connectivity index (χ1n) is 8.16. The van der Waals surface area contributed by atoms with E-state index in [1.165, 1.54) is 0 Å². The van der Waals surface area contributed by atoms with Gasteiger partial charge in [0.05, 0.1) is 23.5 Å². The van der Waals surface area contributed by atoms with Crippen molar-refractivity contribution in [1.82, 2.24) is 10.2 Å². The lowest BCUT2D eigenvalue weighted by Gasteiger charge is -2.15. The summed E-state index contributed by atoms with van der Waals surface area (Å²) in [7, 11) is -1.57. The molecule has 0 aromatic heterocycles. The number of carbonyl (C=O) groups is 3. The Hall–Kier alpha value is -2.33. The van der Waals surface area contributed by atoms with Crippen LogP contribution >= 0.6 is 11.8 Å². The Bertz CT molecular complexity index is 908. The fourth-order valence-electron chi connectivity index (χ4n) is 2.81. The SMILES string of the molecule is COc1ccc(/C=C2/SC(=O)N(CC(=O)N[C@@H]3CCS(=O)(=O)C3)C2=O)cc1. The minimum Gasteiger partial charge on any atom is -0.497 e. The summed E-state index contributed by atoms with van der Waals surface area (Å²) in [4.78, 5) is 37.7.